The summed E-state index contributed by atoms with van der Waals surface area (Å²) in [5, 5.41) is 2.48. The van der Waals surface area contributed by atoms with E-state index in [0.29, 0.717) is 5.76 Å². The number of carbonyl (C=O) groups excluding carboxylic acids is 2. The molecule has 0 saturated carbocycles. The van der Waals surface area contributed by atoms with Gasteiger partial charge in [-0.2, -0.15) is 0 Å². The van der Waals surface area contributed by atoms with Gasteiger partial charge < -0.3 is 15.5 Å². The van der Waals surface area contributed by atoms with Gasteiger partial charge in [0, 0.05) is 0 Å². The van der Waals surface area contributed by atoms with Gasteiger partial charge in [-0.15, -0.1) is 0 Å². The van der Waals surface area contributed by atoms with E-state index in [9.17, 15) is 9.59 Å². The topological polar surface area (TPSA) is 85.3 Å². The lowest BCUT2D eigenvalue weighted by molar-refractivity contribution is -0.127. The van der Waals surface area contributed by atoms with E-state index in [-0.39, 0.29) is 13.0 Å². The molecule has 0 radical (unpaired) electrons. The highest BCUT2D eigenvalue weighted by molar-refractivity contribution is 5.95. The van der Waals surface area contributed by atoms with Crippen LogP contribution < -0.4 is 11.1 Å². The van der Waals surface area contributed by atoms with Crippen molar-refractivity contribution in [3.8, 4) is 0 Å². The minimum Gasteiger partial charge on any atom is -0.467 e. The normalized spacial score (nSPS) is 9.54. The number of hydrogen-bond donors (Lipinski definition) is 2. The van der Waals surface area contributed by atoms with Crippen LogP contribution in [0.4, 0.5) is 0 Å². The molecule has 0 fully saturated rings. The smallest absolute Gasteiger partial charge is 0.229 e. The minimum atomic E-state index is -0.642. The lowest BCUT2D eigenvalue weighted by atomic mass is 10.3. The number of nitrogens with two attached hydrogens (primary N) is 1. The van der Waals surface area contributed by atoms with Crippen molar-refractivity contribution in [2.45, 2.75) is 13.0 Å². The molecule has 1 aromatic heterocycles. The summed E-state index contributed by atoms with van der Waals surface area (Å²) in [6, 6.07) is 3.44. The molecule has 0 bridgehead atoms. The average Bonchev–Trinajstić information content (AvgIpc) is 2.51. The van der Waals surface area contributed by atoms with Gasteiger partial charge in [-0.3, -0.25) is 9.59 Å². The third-order valence-corrected chi connectivity index (χ3v) is 1.37. The highest BCUT2D eigenvalue weighted by atomic mass is 16.3. The van der Waals surface area contributed by atoms with Gasteiger partial charge in [0.25, 0.3) is 0 Å². The summed E-state index contributed by atoms with van der Waals surface area (Å²) in [6.45, 7) is 0.277. The lowest BCUT2D eigenvalue weighted by Gasteiger charge is -1.99. The zero-order valence-electron chi connectivity index (χ0n) is 6.95. The SMILES string of the molecule is NC(=O)CC(=O)NCc1ccco1. The van der Waals surface area contributed by atoms with Gasteiger partial charge in [0.05, 0.1) is 12.8 Å². The van der Waals surface area contributed by atoms with Crippen molar-refractivity contribution in [2.75, 3.05) is 0 Å². The lowest BCUT2D eigenvalue weighted by Crippen LogP contribution is -2.27. The molecule has 0 unspecified atom stereocenters. The van der Waals surface area contributed by atoms with E-state index in [1.54, 1.807) is 12.1 Å². The Morgan fingerprint density at radius 3 is 2.85 bits per heavy atom. The maximum atomic E-state index is 10.9. The van der Waals surface area contributed by atoms with Gasteiger partial charge >= 0.3 is 0 Å². The summed E-state index contributed by atoms with van der Waals surface area (Å²) in [4.78, 5) is 21.2. The second-order valence-corrected chi connectivity index (χ2v) is 2.50. The van der Waals surface area contributed by atoms with Crippen LogP contribution in [0.5, 0.6) is 0 Å². The molecule has 0 aromatic carbocycles. The fourth-order valence-electron chi connectivity index (χ4n) is 0.820. The number of carbonyl (C=O) groups is 2. The predicted octanol–water partition coefficient (Wildman–Crippen LogP) is -0.229. The second-order valence-electron chi connectivity index (χ2n) is 2.50. The molecule has 1 rings (SSSR count). The quantitative estimate of drug-likeness (QED) is 0.631. The van der Waals surface area contributed by atoms with Crippen LogP contribution in [0.2, 0.25) is 0 Å². The van der Waals surface area contributed by atoms with Gasteiger partial charge in [-0.1, -0.05) is 0 Å². The third kappa shape index (κ3) is 3.42. The number of amides is 2. The largest absolute Gasteiger partial charge is 0.467 e. The van der Waals surface area contributed by atoms with E-state index in [1.807, 2.05) is 0 Å². The highest BCUT2D eigenvalue weighted by Crippen LogP contribution is 1.98. The molecule has 0 aliphatic carbocycles. The van der Waals surface area contributed by atoms with Crippen LogP contribution in [-0.2, 0) is 16.1 Å². The molecule has 70 valence electrons. The highest BCUT2D eigenvalue weighted by Gasteiger charge is 2.05. The van der Waals surface area contributed by atoms with E-state index < -0.39 is 11.8 Å². The molecular formula is C8H10N2O3. The predicted molar refractivity (Wildman–Crippen MR) is 44.4 cm³/mol. The van der Waals surface area contributed by atoms with Crippen molar-refractivity contribution >= 4 is 11.8 Å². The molecule has 1 heterocycles. The molecule has 13 heavy (non-hydrogen) atoms. The van der Waals surface area contributed by atoms with Crippen molar-refractivity contribution in [1.82, 2.24) is 5.32 Å². The summed E-state index contributed by atoms with van der Waals surface area (Å²) in [7, 11) is 0. The first-order chi connectivity index (χ1) is 6.18. The van der Waals surface area contributed by atoms with E-state index in [2.05, 4.69) is 5.32 Å². The molecule has 1 aromatic rings. The average molecular weight is 182 g/mol. The van der Waals surface area contributed by atoms with Gasteiger partial charge in [0.15, 0.2) is 0 Å². The Kier molecular flexibility index (Phi) is 3.08. The van der Waals surface area contributed by atoms with Crippen molar-refractivity contribution in [3.63, 3.8) is 0 Å². The van der Waals surface area contributed by atoms with Gasteiger partial charge in [-0.05, 0) is 12.1 Å². The molecule has 0 spiro atoms. The van der Waals surface area contributed by atoms with Gasteiger partial charge in [0.1, 0.15) is 12.2 Å². The number of rotatable bonds is 4. The maximum Gasteiger partial charge on any atom is 0.229 e. The van der Waals surface area contributed by atoms with Crippen LogP contribution in [0.15, 0.2) is 22.8 Å². The summed E-state index contributed by atoms with van der Waals surface area (Å²) in [5.74, 6) is -0.404. The summed E-state index contributed by atoms with van der Waals surface area (Å²) >= 11 is 0. The van der Waals surface area contributed by atoms with Gasteiger partial charge in [0.2, 0.25) is 11.8 Å². The van der Waals surface area contributed by atoms with Gasteiger partial charge in [-0.25, -0.2) is 0 Å². The summed E-state index contributed by atoms with van der Waals surface area (Å²) < 4.78 is 4.96. The summed E-state index contributed by atoms with van der Waals surface area (Å²) in [5.41, 5.74) is 4.82. The molecule has 2 amide bonds. The molecule has 0 aliphatic heterocycles. The van der Waals surface area contributed by atoms with Crippen LogP contribution in [0, 0.1) is 0 Å². The third-order valence-electron chi connectivity index (χ3n) is 1.37. The molecular weight excluding hydrogens is 172 g/mol. The number of hydrogen-bond acceptors (Lipinski definition) is 3. The summed E-state index contributed by atoms with van der Waals surface area (Å²) in [6.07, 6.45) is 1.22. The monoisotopic (exact) mass is 182 g/mol. The fraction of sp³-hybridized carbons (Fsp3) is 0.250. The van der Waals surface area contributed by atoms with E-state index in [1.165, 1.54) is 6.26 Å². The molecule has 0 saturated heterocycles. The Morgan fingerprint density at radius 2 is 2.31 bits per heavy atom. The first-order valence-corrected chi connectivity index (χ1v) is 3.76. The Morgan fingerprint density at radius 1 is 1.54 bits per heavy atom. The standard InChI is InChI=1S/C8H10N2O3/c9-7(11)4-8(12)10-5-6-2-1-3-13-6/h1-3H,4-5H2,(H2,9,11)(H,10,12). The number of primary amides is 1. The Hall–Kier alpha value is -1.78. The second kappa shape index (κ2) is 4.30. The number of nitrogens with one attached hydrogen (secondary N) is 1. The Bertz CT molecular complexity index is 292. The van der Waals surface area contributed by atoms with Crippen LogP contribution in [0.3, 0.4) is 0 Å². The zero-order valence-corrected chi connectivity index (χ0v) is 6.95. The first-order valence-electron chi connectivity index (χ1n) is 3.76. The fourth-order valence-corrected chi connectivity index (χ4v) is 0.820. The van der Waals surface area contributed by atoms with E-state index in [4.69, 9.17) is 10.2 Å². The van der Waals surface area contributed by atoms with Crippen molar-refractivity contribution < 1.29 is 14.0 Å². The molecule has 0 atom stereocenters. The van der Waals surface area contributed by atoms with Crippen LogP contribution in [0.25, 0.3) is 0 Å². The Labute approximate surface area is 74.9 Å². The number of furan rings is 1. The minimum absolute atomic E-state index is 0.277. The van der Waals surface area contributed by atoms with E-state index >= 15 is 0 Å². The molecule has 0 aliphatic rings. The zero-order chi connectivity index (χ0) is 9.68. The first kappa shape index (κ1) is 9.31. The van der Waals surface area contributed by atoms with Crippen LogP contribution in [-0.4, -0.2) is 11.8 Å². The molecule has 3 N–H and O–H groups in total. The molecule has 5 heteroatoms. The van der Waals surface area contributed by atoms with Crippen LogP contribution >= 0.6 is 0 Å². The van der Waals surface area contributed by atoms with Crippen molar-refractivity contribution in [3.05, 3.63) is 24.2 Å². The maximum absolute atomic E-state index is 10.9. The van der Waals surface area contributed by atoms with Crippen molar-refractivity contribution in [1.29, 1.82) is 0 Å². The Balaban J connectivity index is 2.27. The van der Waals surface area contributed by atoms with Crippen LogP contribution in [0.1, 0.15) is 12.2 Å². The molecule has 5 nitrogen and oxygen atoms in total. The van der Waals surface area contributed by atoms with Crippen molar-refractivity contribution in [2.24, 2.45) is 5.73 Å². The van der Waals surface area contributed by atoms with E-state index in [0.717, 1.165) is 0 Å².